The third-order valence-corrected chi connectivity index (χ3v) is 12.3. The normalized spacial score (nSPS) is 18.0. The minimum absolute atomic E-state index is 0.0311. The van der Waals surface area contributed by atoms with E-state index < -0.39 is 6.17 Å². The van der Waals surface area contributed by atoms with Gasteiger partial charge in [0.1, 0.15) is 17.8 Å². The number of halogens is 3. The van der Waals surface area contributed by atoms with Crippen molar-refractivity contribution in [1.82, 2.24) is 54.5 Å². The van der Waals surface area contributed by atoms with Gasteiger partial charge in [-0.05, 0) is 34.5 Å². The van der Waals surface area contributed by atoms with Gasteiger partial charge in [0.05, 0.1) is 49.2 Å². The zero-order valence-corrected chi connectivity index (χ0v) is 33.9. The second-order valence-corrected chi connectivity index (χ2v) is 15.6. The molecule has 8 rings (SSSR count). The van der Waals surface area contributed by atoms with Crippen molar-refractivity contribution >= 4 is 45.0 Å². The summed E-state index contributed by atoms with van der Waals surface area (Å²) >= 11 is 17.7. The Kier molecular flexibility index (Phi) is 11.7. The van der Waals surface area contributed by atoms with E-state index in [0.717, 1.165) is 46.0 Å². The molecular weight excluding hydrogens is 825 g/mol. The van der Waals surface area contributed by atoms with E-state index in [0.29, 0.717) is 97.4 Å². The summed E-state index contributed by atoms with van der Waals surface area (Å²) in [7, 11) is 1.59. The van der Waals surface area contributed by atoms with Crippen LogP contribution in [0.3, 0.4) is 0 Å². The molecule has 1 unspecified atom stereocenters. The monoisotopic (exact) mass is 865 g/mol. The van der Waals surface area contributed by atoms with Crippen molar-refractivity contribution in [3.63, 3.8) is 0 Å². The van der Waals surface area contributed by atoms with E-state index >= 15 is 0 Å². The molecule has 1 saturated heterocycles. The zero-order chi connectivity index (χ0) is 38.9. The molecule has 0 bridgehead atoms. The lowest BCUT2D eigenvalue weighted by Crippen LogP contribution is -2.57. The van der Waals surface area contributed by atoms with Crippen LogP contribution < -0.4 is 10.1 Å². The fourth-order valence-electron chi connectivity index (χ4n) is 8.04. The number of amides is 1. The molecule has 6 heterocycles. The smallest absolute Gasteiger partial charge is 0.224 e. The van der Waals surface area contributed by atoms with Crippen LogP contribution in [0.4, 0.5) is 0 Å². The molecule has 5 aromatic rings. The number of pyridine rings is 1. The van der Waals surface area contributed by atoms with E-state index in [-0.39, 0.29) is 25.2 Å². The van der Waals surface area contributed by atoms with E-state index in [2.05, 4.69) is 56.0 Å². The van der Waals surface area contributed by atoms with Crippen LogP contribution in [0.15, 0.2) is 53.3 Å². The van der Waals surface area contributed by atoms with Gasteiger partial charge in [0.2, 0.25) is 11.8 Å². The largest absolute Gasteiger partial charge is 0.481 e. The van der Waals surface area contributed by atoms with Crippen LogP contribution in [-0.2, 0) is 37.5 Å². The second-order valence-electron chi connectivity index (χ2n) is 14.1. The van der Waals surface area contributed by atoms with Gasteiger partial charge in [-0.1, -0.05) is 59.6 Å². The molecule has 0 saturated carbocycles. The molecule has 3 aliphatic heterocycles. The molecule has 2 aromatic carbocycles. The van der Waals surface area contributed by atoms with Gasteiger partial charge in [-0.3, -0.25) is 14.6 Å². The number of ether oxygens (including phenoxy) is 1. The maximum Gasteiger partial charge on any atom is 0.224 e. The molecule has 1 amide bonds. The van der Waals surface area contributed by atoms with Gasteiger partial charge in [0.15, 0.2) is 10.6 Å². The van der Waals surface area contributed by atoms with Gasteiger partial charge in [0, 0.05) is 86.1 Å². The molecule has 3 aliphatic rings. The van der Waals surface area contributed by atoms with Gasteiger partial charge in [-0.25, -0.2) is 4.98 Å². The number of β-amino-alcohol motifs (C(OH)–C–C–N with tert-alkyl or cyclic N) is 1. The molecule has 294 valence electrons. The number of hydrogen-bond donors (Lipinski definition) is 3. The lowest BCUT2D eigenvalue weighted by Gasteiger charge is -2.41. The Morgan fingerprint density at radius 3 is 2.38 bits per heavy atom. The number of aliphatic hydroxyl groups excluding tert-OH is 2. The Hall–Kier alpha value is -4.00. The molecule has 18 heteroatoms. The highest BCUT2D eigenvalue weighted by Gasteiger charge is 2.39. The topological polar surface area (TPSA) is 163 Å². The molecule has 56 heavy (non-hydrogen) atoms. The standard InChI is InChI=1S/C38H42BrCl2N11O4/c1-56-37-23(18-42-19-24-9-11-33(55)52(24)32(22-54)49-13-15-51-31(21-49)45-47-38(51)39)8-10-29(43-37)27-6-2-4-25(34(27)40)26-5-3-7-28(35(26)41)36-46-44-30-20-48(16-17-53)12-14-50(30)36/h2-8,10,24,32,42,53-54H,9,11-22H2,1H3/t24?,32-/m0/s1. The summed E-state index contributed by atoms with van der Waals surface area (Å²) in [4.78, 5) is 24.1. The van der Waals surface area contributed by atoms with Crippen molar-refractivity contribution in [1.29, 1.82) is 0 Å². The molecule has 15 nitrogen and oxygen atoms in total. The van der Waals surface area contributed by atoms with E-state index in [1.54, 1.807) is 7.11 Å². The summed E-state index contributed by atoms with van der Waals surface area (Å²) in [6.07, 6.45) is 0.673. The molecule has 3 aromatic heterocycles. The van der Waals surface area contributed by atoms with Crippen molar-refractivity contribution in [2.24, 2.45) is 0 Å². The lowest BCUT2D eigenvalue weighted by atomic mass is 9.98. The average molecular weight is 868 g/mol. The predicted octanol–water partition coefficient (Wildman–Crippen LogP) is 4.07. The predicted molar refractivity (Wildman–Crippen MR) is 214 cm³/mol. The maximum atomic E-state index is 13.2. The number of nitrogens with one attached hydrogen (secondary N) is 1. The number of carbonyl (C=O) groups is 1. The first kappa shape index (κ1) is 38.9. The Bertz CT molecular complexity index is 2240. The molecular formula is C38H42BrCl2N11O4. The molecule has 0 spiro atoms. The number of carbonyl (C=O) groups excluding carboxylic acids is 1. The first-order valence-corrected chi connectivity index (χ1v) is 20.2. The molecule has 0 radical (unpaired) electrons. The van der Waals surface area contributed by atoms with Crippen LogP contribution in [0.2, 0.25) is 10.0 Å². The summed E-state index contributed by atoms with van der Waals surface area (Å²) in [5.74, 6) is 2.82. The summed E-state index contributed by atoms with van der Waals surface area (Å²) in [6.45, 7) is 5.43. The fraction of sp³-hybridized carbons (Fsp3) is 0.421. The number of likely N-dealkylation sites (tertiary alicyclic amines) is 1. The molecule has 2 atom stereocenters. The number of aliphatic hydroxyl groups is 2. The highest BCUT2D eigenvalue weighted by molar-refractivity contribution is 9.10. The number of nitrogens with zero attached hydrogens (tertiary/aromatic N) is 10. The van der Waals surface area contributed by atoms with Crippen molar-refractivity contribution in [2.75, 3.05) is 46.5 Å². The van der Waals surface area contributed by atoms with E-state index in [1.807, 2.05) is 58.0 Å². The Balaban J connectivity index is 0.968. The van der Waals surface area contributed by atoms with E-state index in [4.69, 9.17) is 32.9 Å². The number of hydrogen-bond acceptors (Lipinski definition) is 12. The lowest BCUT2D eigenvalue weighted by molar-refractivity contribution is -0.138. The van der Waals surface area contributed by atoms with E-state index in [9.17, 15) is 15.0 Å². The van der Waals surface area contributed by atoms with Crippen molar-refractivity contribution in [3.05, 3.63) is 80.5 Å². The van der Waals surface area contributed by atoms with E-state index in [1.165, 1.54) is 0 Å². The van der Waals surface area contributed by atoms with Crippen LogP contribution in [0, 0.1) is 0 Å². The quantitative estimate of drug-likeness (QED) is 0.156. The number of fused-ring (bicyclic) bond motifs is 2. The third kappa shape index (κ3) is 7.44. The number of benzene rings is 2. The van der Waals surface area contributed by atoms with Gasteiger partial charge < -0.3 is 34.3 Å². The number of rotatable bonds is 13. The van der Waals surface area contributed by atoms with Gasteiger partial charge >= 0.3 is 0 Å². The van der Waals surface area contributed by atoms with Crippen molar-refractivity contribution in [3.8, 4) is 39.7 Å². The number of methoxy groups -OCH3 is 1. The molecule has 0 aliphatic carbocycles. The third-order valence-electron chi connectivity index (χ3n) is 10.9. The molecule has 3 N–H and O–H groups in total. The summed E-state index contributed by atoms with van der Waals surface area (Å²) in [5.41, 5.74) is 4.51. The second kappa shape index (κ2) is 16.8. The van der Waals surface area contributed by atoms with Gasteiger partial charge in [-0.2, -0.15) is 0 Å². The number of aromatic nitrogens is 7. The SMILES string of the molecule is COc1nc(-c2cccc(-c3cccc(-c4nnc5n4CCN(CCO)C5)c3Cl)c2Cl)ccc1CNCC1CCC(=O)N1[C@@H](CO)N1CCn2c(Br)nnc2C1. The Morgan fingerprint density at radius 1 is 0.893 bits per heavy atom. The van der Waals surface area contributed by atoms with Crippen molar-refractivity contribution in [2.45, 2.75) is 57.8 Å². The van der Waals surface area contributed by atoms with Crippen LogP contribution in [0.5, 0.6) is 5.88 Å². The van der Waals surface area contributed by atoms with Gasteiger partial charge in [-0.15, -0.1) is 20.4 Å². The minimum atomic E-state index is -0.452. The van der Waals surface area contributed by atoms with Crippen molar-refractivity contribution < 1.29 is 19.7 Å². The summed E-state index contributed by atoms with van der Waals surface area (Å²) in [6, 6.07) is 15.4. The summed E-state index contributed by atoms with van der Waals surface area (Å²) in [5, 5.41) is 41.7. The van der Waals surface area contributed by atoms with Gasteiger partial charge in [0.25, 0.3) is 0 Å². The van der Waals surface area contributed by atoms with Crippen LogP contribution in [0.25, 0.3) is 33.8 Å². The van der Waals surface area contributed by atoms with Crippen LogP contribution in [0.1, 0.15) is 30.1 Å². The molecule has 1 fully saturated rings. The van der Waals surface area contributed by atoms with Crippen LogP contribution >= 0.6 is 39.1 Å². The highest BCUT2D eigenvalue weighted by Crippen LogP contribution is 2.42. The minimum Gasteiger partial charge on any atom is -0.481 e. The Morgan fingerprint density at radius 2 is 1.61 bits per heavy atom. The zero-order valence-electron chi connectivity index (χ0n) is 30.8. The summed E-state index contributed by atoms with van der Waals surface area (Å²) < 4.78 is 10.5. The highest BCUT2D eigenvalue weighted by atomic mass is 79.9. The maximum absolute atomic E-state index is 13.2. The fourth-order valence-corrected chi connectivity index (χ4v) is 9.14. The Labute approximate surface area is 342 Å². The first-order chi connectivity index (χ1) is 27.3. The first-order valence-electron chi connectivity index (χ1n) is 18.6. The van der Waals surface area contributed by atoms with Crippen LogP contribution in [-0.4, -0.2) is 124 Å². The average Bonchev–Trinajstić information content (AvgIpc) is 3.92.